The summed E-state index contributed by atoms with van der Waals surface area (Å²) in [7, 11) is 0. The van der Waals surface area contributed by atoms with Crippen molar-refractivity contribution in [2.24, 2.45) is 11.8 Å². The fraction of sp³-hybridized carbons (Fsp3) is 0.929. The maximum absolute atomic E-state index is 11.5. The van der Waals surface area contributed by atoms with E-state index in [1.807, 2.05) is 6.92 Å². The summed E-state index contributed by atoms with van der Waals surface area (Å²) < 4.78 is 5.80. The molecule has 0 aliphatic heterocycles. The summed E-state index contributed by atoms with van der Waals surface area (Å²) in [6, 6.07) is 0. The quantitative estimate of drug-likeness (QED) is 0.725. The van der Waals surface area contributed by atoms with Gasteiger partial charge in [0.1, 0.15) is 0 Å². The number of hydrogen-bond acceptors (Lipinski definition) is 2. The molecule has 1 aliphatic rings. The number of carbonyl (C=O) groups is 1. The lowest BCUT2D eigenvalue weighted by Gasteiger charge is -2.38. The minimum atomic E-state index is -0.908. The summed E-state index contributed by atoms with van der Waals surface area (Å²) in [5.74, 6) is 0.0187. The molecule has 0 radical (unpaired) electrons. The van der Waals surface area contributed by atoms with Crippen LogP contribution < -0.4 is 0 Å². The van der Waals surface area contributed by atoms with Gasteiger partial charge in [0.2, 0.25) is 0 Å². The Hall–Kier alpha value is -0.570. The molecule has 0 bridgehead atoms. The molecular weight excluding hydrogens is 216 g/mol. The molecule has 1 aliphatic carbocycles. The Morgan fingerprint density at radius 3 is 2.71 bits per heavy atom. The highest BCUT2D eigenvalue weighted by molar-refractivity contribution is 5.78. The maximum Gasteiger partial charge on any atom is 0.336 e. The number of hydrogen-bond donors (Lipinski definition) is 1. The van der Waals surface area contributed by atoms with E-state index in [9.17, 15) is 9.90 Å². The van der Waals surface area contributed by atoms with Gasteiger partial charge in [-0.15, -0.1) is 0 Å². The molecular formula is C14H26O3. The van der Waals surface area contributed by atoms with Crippen LogP contribution in [0.1, 0.15) is 59.3 Å². The molecule has 0 aromatic rings. The first-order valence-electron chi connectivity index (χ1n) is 6.86. The van der Waals surface area contributed by atoms with Crippen molar-refractivity contribution in [1.82, 2.24) is 0 Å². The van der Waals surface area contributed by atoms with Crippen LogP contribution in [0.15, 0.2) is 0 Å². The van der Waals surface area contributed by atoms with Crippen LogP contribution in [0.2, 0.25) is 0 Å². The van der Waals surface area contributed by atoms with E-state index in [1.54, 1.807) is 0 Å². The Bertz CT molecular complexity index is 250. The van der Waals surface area contributed by atoms with Crippen molar-refractivity contribution in [3.63, 3.8) is 0 Å². The molecule has 0 heterocycles. The van der Waals surface area contributed by atoms with E-state index in [0.29, 0.717) is 18.9 Å². The zero-order valence-electron chi connectivity index (χ0n) is 11.4. The molecule has 0 aromatic heterocycles. The largest absolute Gasteiger partial charge is 0.479 e. The van der Waals surface area contributed by atoms with E-state index in [2.05, 4.69) is 13.8 Å². The first-order valence-corrected chi connectivity index (χ1v) is 6.86. The molecule has 0 aromatic carbocycles. The zero-order valence-corrected chi connectivity index (χ0v) is 11.4. The normalized spacial score (nSPS) is 29.5. The van der Waals surface area contributed by atoms with Crippen molar-refractivity contribution in [1.29, 1.82) is 0 Å². The van der Waals surface area contributed by atoms with Crippen molar-refractivity contribution in [2.75, 3.05) is 6.61 Å². The van der Waals surface area contributed by atoms with E-state index in [1.165, 1.54) is 0 Å². The van der Waals surface area contributed by atoms with Gasteiger partial charge in [-0.2, -0.15) is 0 Å². The fourth-order valence-corrected chi connectivity index (χ4v) is 2.66. The van der Waals surface area contributed by atoms with Gasteiger partial charge in [-0.3, -0.25) is 0 Å². The smallest absolute Gasteiger partial charge is 0.336 e. The van der Waals surface area contributed by atoms with Crippen LogP contribution in [0.3, 0.4) is 0 Å². The Balaban J connectivity index is 2.50. The Labute approximate surface area is 105 Å². The van der Waals surface area contributed by atoms with E-state index >= 15 is 0 Å². The molecule has 1 rings (SSSR count). The van der Waals surface area contributed by atoms with Crippen LogP contribution in [-0.4, -0.2) is 23.3 Å². The molecule has 0 amide bonds. The van der Waals surface area contributed by atoms with Gasteiger partial charge < -0.3 is 9.84 Å². The summed E-state index contributed by atoms with van der Waals surface area (Å²) in [6.07, 6.45) is 5.80. The third-order valence-corrected chi connectivity index (χ3v) is 3.88. The molecule has 3 nitrogen and oxygen atoms in total. The van der Waals surface area contributed by atoms with Gasteiger partial charge in [-0.1, -0.05) is 27.2 Å². The van der Waals surface area contributed by atoms with Crippen molar-refractivity contribution >= 4 is 5.97 Å². The number of aliphatic carboxylic acids is 1. The van der Waals surface area contributed by atoms with E-state index in [4.69, 9.17) is 4.74 Å². The first kappa shape index (κ1) is 14.5. The summed E-state index contributed by atoms with van der Waals surface area (Å²) in [5.41, 5.74) is -0.908. The predicted octanol–water partition coefficient (Wildman–Crippen LogP) is 3.47. The Morgan fingerprint density at radius 2 is 2.18 bits per heavy atom. The third kappa shape index (κ3) is 3.70. The van der Waals surface area contributed by atoms with Crippen LogP contribution in [-0.2, 0) is 9.53 Å². The van der Waals surface area contributed by atoms with E-state index in [0.717, 1.165) is 32.1 Å². The second-order valence-electron chi connectivity index (χ2n) is 5.73. The molecule has 1 fully saturated rings. The number of carboxylic acid groups (broad SMARTS) is 1. The van der Waals surface area contributed by atoms with Gasteiger partial charge in [-0.05, 0) is 43.9 Å². The van der Waals surface area contributed by atoms with Gasteiger partial charge in [-0.25, -0.2) is 4.79 Å². The second kappa shape index (κ2) is 6.39. The Morgan fingerprint density at radius 1 is 1.47 bits per heavy atom. The number of rotatable bonds is 6. The monoisotopic (exact) mass is 242 g/mol. The minimum Gasteiger partial charge on any atom is -0.479 e. The lowest BCUT2D eigenvalue weighted by atomic mass is 9.76. The van der Waals surface area contributed by atoms with Crippen LogP contribution >= 0.6 is 0 Å². The molecule has 1 N–H and O–H groups in total. The van der Waals surface area contributed by atoms with E-state index in [-0.39, 0.29) is 5.92 Å². The highest BCUT2D eigenvalue weighted by Crippen LogP contribution is 2.37. The summed E-state index contributed by atoms with van der Waals surface area (Å²) in [4.78, 5) is 11.5. The number of ether oxygens (including phenoxy) is 1. The number of carboxylic acids is 1. The molecule has 0 saturated heterocycles. The second-order valence-corrected chi connectivity index (χ2v) is 5.73. The van der Waals surface area contributed by atoms with Crippen LogP contribution in [0, 0.1) is 11.8 Å². The standard InChI is InChI=1S/C14H26O3/c1-11(2)7-6-10-17-14(13(15)16)9-5-4-8-12(14)3/h11-12H,4-10H2,1-3H3,(H,15,16). The predicted molar refractivity (Wildman–Crippen MR) is 68.0 cm³/mol. The average Bonchev–Trinajstić information content (AvgIpc) is 2.26. The summed E-state index contributed by atoms with van der Waals surface area (Å²) >= 11 is 0. The van der Waals surface area contributed by atoms with Crippen molar-refractivity contribution in [3.8, 4) is 0 Å². The fourth-order valence-electron chi connectivity index (χ4n) is 2.66. The van der Waals surface area contributed by atoms with Gasteiger partial charge in [0, 0.05) is 6.61 Å². The summed E-state index contributed by atoms with van der Waals surface area (Å²) in [6.45, 7) is 6.94. The first-order chi connectivity index (χ1) is 7.99. The topological polar surface area (TPSA) is 46.5 Å². The highest BCUT2D eigenvalue weighted by atomic mass is 16.5. The highest BCUT2D eigenvalue weighted by Gasteiger charge is 2.46. The average molecular weight is 242 g/mol. The third-order valence-electron chi connectivity index (χ3n) is 3.88. The van der Waals surface area contributed by atoms with E-state index < -0.39 is 11.6 Å². The van der Waals surface area contributed by atoms with Gasteiger partial charge in [0.15, 0.2) is 5.60 Å². The van der Waals surface area contributed by atoms with Crippen LogP contribution in [0.4, 0.5) is 0 Å². The van der Waals surface area contributed by atoms with Crippen molar-refractivity contribution in [3.05, 3.63) is 0 Å². The molecule has 0 spiro atoms. The SMILES string of the molecule is CC(C)CCCOC1(C(=O)O)CCCCC1C. The zero-order chi connectivity index (χ0) is 12.9. The molecule has 2 atom stereocenters. The molecule has 100 valence electrons. The lowest BCUT2D eigenvalue weighted by molar-refractivity contribution is -0.179. The molecule has 3 heteroatoms. The van der Waals surface area contributed by atoms with Crippen LogP contribution in [0.5, 0.6) is 0 Å². The molecule has 2 unspecified atom stereocenters. The van der Waals surface area contributed by atoms with Gasteiger partial charge >= 0.3 is 5.97 Å². The van der Waals surface area contributed by atoms with Crippen molar-refractivity contribution in [2.45, 2.75) is 64.9 Å². The van der Waals surface area contributed by atoms with Gasteiger partial charge in [0.25, 0.3) is 0 Å². The molecule has 1 saturated carbocycles. The summed E-state index contributed by atoms with van der Waals surface area (Å²) in [5, 5.41) is 9.44. The lowest BCUT2D eigenvalue weighted by Crippen LogP contribution is -2.49. The van der Waals surface area contributed by atoms with Gasteiger partial charge in [0.05, 0.1) is 0 Å². The maximum atomic E-state index is 11.5. The van der Waals surface area contributed by atoms with Crippen LogP contribution in [0.25, 0.3) is 0 Å². The molecule has 17 heavy (non-hydrogen) atoms. The minimum absolute atomic E-state index is 0.132. The van der Waals surface area contributed by atoms with Crippen molar-refractivity contribution < 1.29 is 14.6 Å². The Kier molecular flexibility index (Phi) is 5.44.